The summed E-state index contributed by atoms with van der Waals surface area (Å²) in [7, 11) is 0. The highest BCUT2D eigenvalue weighted by Crippen LogP contribution is 2.16. The van der Waals surface area contributed by atoms with Gasteiger partial charge in [-0.05, 0) is 45.6 Å². The first kappa shape index (κ1) is 17.7. The van der Waals surface area contributed by atoms with Crippen LogP contribution in [0.5, 0.6) is 0 Å². The zero-order valence-corrected chi connectivity index (χ0v) is 13.8. The van der Waals surface area contributed by atoms with Gasteiger partial charge in [0.15, 0.2) is 0 Å². The lowest BCUT2D eigenvalue weighted by Gasteiger charge is -2.31. The fourth-order valence-electron chi connectivity index (χ4n) is 2.43. The molecule has 0 aliphatic heterocycles. The van der Waals surface area contributed by atoms with E-state index in [2.05, 4.69) is 50.4 Å². The lowest BCUT2D eigenvalue weighted by molar-refractivity contribution is -0.146. The molecular weight excluding hydrogens is 262 g/mol. The summed E-state index contributed by atoms with van der Waals surface area (Å²) >= 11 is 0. The second kappa shape index (κ2) is 8.83. The lowest BCUT2D eigenvalue weighted by atomic mass is 9.93. The predicted octanol–water partition coefficient (Wildman–Crippen LogP) is 3.72. The van der Waals surface area contributed by atoms with E-state index in [1.165, 1.54) is 5.56 Å². The Kier molecular flexibility index (Phi) is 7.44. The van der Waals surface area contributed by atoms with Crippen LogP contribution in [0, 0.1) is 0 Å². The number of aryl methyl sites for hydroxylation is 1. The van der Waals surface area contributed by atoms with E-state index >= 15 is 0 Å². The zero-order valence-electron chi connectivity index (χ0n) is 13.8. The van der Waals surface area contributed by atoms with E-state index in [4.69, 9.17) is 4.74 Å². The summed E-state index contributed by atoms with van der Waals surface area (Å²) in [5.41, 5.74) is 1.23. The summed E-state index contributed by atoms with van der Waals surface area (Å²) in [6.07, 6.45) is 3.76. The Morgan fingerprint density at radius 3 is 2.48 bits per heavy atom. The molecule has 0 aliphatic rings. The first-order chi connectivity index (χ1) is 9.98. The number of nitrogens with one attached hydrogen (secondary N) is 1. The first-order valence-electron chi connectivity index (χ1n) is 7.96. The number of esters is 1. The number of ether oxygens (including phenoxy) is 1. The molecule has 1 N–H and O–H groups in total. The van der Waals surface area contributed by atoms with Gasteiger partial charge in [0.1, 0.15) is 6.04 Å². The van der Waals surface area contributed by atoms with Crippen LogP contribution in [0.25, 0.3) is 0 Å². The smallest absolute Gasteiger partial charge is 0.323 e. The van der Waals surface area contributed by atoms with Crippen molar-refractivity contribution in [1.82, 2.24) is 5.32 Å². The molecule has 0 spiro atoms. The van der Waals surface area contributed by atoms with E-state index in [1.807, 2.05) is 13.0 Å². The zero-order chi connectivity index (χ0) is 15.7. The molecule has 0 saturated heterocycles. The fraction of sp³-hybridized carbons (Fsp3) is 0.611. The number of carbonyl (C=O) groups excluding carboxylic acids is 1. The molecule has 0 bridgehead atoms. The van der Waals surface area contributed by atoms with Crippen molar-refractivity contribution in [3.63, 3.8) is 0 Å². The fourth-order valence-corrected chi connectivity index (χ4v) is 2.43. The third-order valence-electron chi connectivity index (χ3n) is 3.59. The van der Waals surface area contributed by atoms with Crippen LogP contribution < -0.4 is 5.32 Å². The van der Waals surface area contributed by atoms with Crippen LogP contribution in [0.4, 0.5) is 0 Å². The SMILES string of the molecule is CCCC(NC(C)(C)CCc1ccccc1)C(=O)OCC. The van der Waals surface area contributed by atoms with Crippen LogP contribution in [0.3, 0.4) is 0 Å². The van der Waals surface area contributed by atoms with E-state index in [0.29, 0.717) is 6.61 Å². The molecule has 118 valence electrons. The molecule has 1 aromatic rings. The molecule has 0 aromatic heterocycles. The van der Waals surface area contributed by atoms with Gasteiger partial charge < -0.3 is 4.74 Å². The van der Waals surface area contributed by atoms with E-state index in [-0.39, 0.29) is 17.6 Å². The maximum absolute atomic E-state index is 12.0. The van der Waals surface area contributed by atoms with Gasteiger partial charge in [0.2, 0.25) is 0 Å². The lowest BCUT2D eigenvalue weighted by Crippen LogP contribution is -2.50. The van der Waals surface area contributed by atoms with Crippen LogP contribution >= 0.6 is 0 Å². The molecule has 0 fully saturated rings. The minimum absolute atomic E-state index is 0.0948. The van der Waals surface area contributed by atoms with Gasteiger partial charge in [-0.25, -0.2) is 0 Å². The van der Waals surface area contributed by atoms with Crippen molar-refractivity contribution in [3.8, 4) is 0 Å². The van der Waals surface area contributed by atoms with Crippen molar-refractivity contribution in [2.75, 3.05) is 6.61 Å². The summed E-state index contributed by atoms with van der Waals surface area (Å²) in [6.45, 7) is 8.67. The van der Waals surface area contributed by atoms with Crippen molar-refractivity contribution >= 4 is 5.97 Å². The minimum Gasteiger partial charge on any atom is -0.465 e. The van der Waals surface area contributed by atoms with Gasteiger partial charge in [0.25, 0.3) is 0 Å². The van der Waals surface area contributed by atoms with Crippen LogP contribution in [0.15, 0.2) is 30.3 Å². The largest absolute Gasteiger partial charge is 0.465 e. The highest BCUT2D eigenvalue weighted by Gasteiger charge is 2.26. The van der Waals surface area contributed by atoms with Gasteiger partial charge in [0, 0.05) is 5.54 Å². The third-order valence-corrected chi connectivity index (χ3v) is 3.59. The van der Waals surface area contributed by atoms with Crippen molar-refractivity contribution in [2.45, 2.75) is 65.0 Å². The standard InChI is InChI=1S/C18H29NO2/c1-5-10-16(17(20)21-6-2)19-18(3,4)14-13-15-11-8-7-9-12-15/h7-9,11-12,16,19H,5-6,10,13-14H2,1-4H3. The molecule has 1 unspecified atom stereocenters. The quantitative estimate of drug-likeness (QED) is 0.705. The molecule has 1 atom stereocenters. The highest BCUT2D eigenvalue weighted by molar-refractivity contribution is 5.75. The number of hydrogen-bond donors (Lipinski definition) is 1. The van der Waals surface area contributed by atoms with E-state index in [0.717, 1.165) is 25.7 Å². The van der Waals surface area contributed by atoms with E-state index < -0.39 is 0 Å². The van der Waals surface area contributed by atoms with Crippen LogP contribution in [-0.4, -0.2) is 24.2 Å². The summed E-state index contributed by atoms with van der Waals surface area (Å²) in [4.78, 5) is 12.0. The number of benzene rings is 1. The molecule has 1 aromatic carbocycles. The van der Waals surface area contributed by atoms with Crippen LogP contribution in [0.1, 0.15) is 52.5 Å². The topological polar surface area (TPSA) is 38.3 Å². The first-order valence-corrected chi connectivity index (χ1v) is 7.96. The molecule has 0 saturated carbocycles. The van der Waals surface area contributed by atoms with Gasteiger partial charge in [-0.2, -0.15) is 0 Å². The number of carbonyl (C=O) groups is 1. The Balaban J connectivity index is 2.56. The molecule has 0 amide bonds. The summed E-state index contributed by atoms with van der Waals surface area (Å²) < 4.78 is 5.16. The summed E-state index contributed by atoms with van der Waals surface area (Å²) in [6, 6.07) is 10.2. The third kappa shape index (κ3) is 6.76. The molecule has 21 heavy (non-hydrogen) atoms. The Bertz CT molecular complexity index is 414. The molecular formula is C18H29NO2. The average molecular weight is 291 g/mol. The van der Waals surface area contributed by atoms with Crippen molar-refractivity contribution in [3.05, 3.63) is 35.9 Å². The molecule has 3 heteroatoms. The summed E-state index contributed by atoms with van der Waals surface area (Å²) in [5.74, 6) is -0.132. The Labute approximate surface area is 129 Å². The second-order valence-electron chi connectivity index (χ2n) is 6.11. The normalized spacial score (nSPS) is 13.0. The van der Waals surface area contributed by atoms with E-state index in [1.54, 1.807) is 0 Å². The van der Waals surface area contributed by atoms with Gasteiger partial charge >= 0.3 is 5.97 Å². The van der Waals surface area contributed by atoms with Crippen LogP contribution in [0.2, 0.25) is 0 Å². The van der Waals surface area contributed by atoms with Gasteiger partial charge in [-0.15, -0.1) is 0 Å². The second-order valence-corrected chi connectivity index (χ2v) is 6.11. The Morgan fingerprint density at radius 1 is 1.24 bits per heavy atom. The molecule has 0 radical (unpaired) electrons. The maximum atomic E-state index is 12.0. The Morgan fingerprint density at radius 2 is 1.90 bits per heavy atom. The number of hydrogen-bond acceptors (Lipinski definition) is 3. The predicted molar refractivity (Wildman–Crippen MR) is 87.3 cm³/mol. The highest BCUT2D eigenvalue weighted by atomic mass is 16.5. The molecule has 0 heterocycles. The van der Waals surface area contributed by atoms with Crippen LogP contribution in [-0.2, 0) is 16.0 Å². The van der Waals surface area contributed by atoms with E-state index in [9.17, 15) is 4.79 Å². The van der Waals surface area contributed by atoms with Gasteiger partial charge in [-0.1, -0.05) is 43.7 Å². The molecule has 1 rings (SSSR count). The number of rotatable bonds is 9. The van der Waals surface area contributed by atoms with Gasteiger partial charge in [0.05, 0.1) is 6.61 Å². The summed E-state index contributed by atoms with van der Waals surface area (Å²) in [5, 5.41) is 3.47. The monoisotopic (exact) mass is 291 g/mol. The maximum Gasteiger partial charge on any atom is 0.323 e. The van der Waals surface area contributed by atoms with Crippen molar-refractivity contribution < 1.29 is 9.53 Å². The minimum atomic E-state index is -0.208. The van der Waals surface area contributed by atoms with Crippen molar-refractivity contribution in [1.29, 1.82) is 0 Å². The Hall–Kier alpha value is -1.35. The average Bonchev–Trinajstić information content (AvgIpc) is 2.46. The molecule has 0 aliphatic carbocycles. The van der Waals surface area contributed by atoms with Gasteiger partial charge in [-0.3, -0.25) is 10.1 Å². The van der Waals surface area contributed by atoms with Crippen molar-refractivity contribution in [2.24, 2.45) is 0 Å². The molecule has 3 nitrogen and oxygen atoms in total.